The zero-order valence-electron chi connectivity index (χ0n) is 13.9. The summed E-state index contributed by atoms with van der Waals surface area (Å²) in [6.07, 6.45) is 5.96. The first-order valence-corrected chi connectivity index (χ1v) is 8.83. The SMILES string of the molecule is COc1ccc(C[C@H]2CN[C@@H]3CN2C2(CCC(=O)CC2)C3)cc1. The number of ether oxygens (including phenoxy) is 1. The van der Waals surface area contributed by atoms with Crippen molar-refractivity contribution in [3.63, 3.8) is 0 Å². The van der Waals surface area contributed by atoms with E-state index in [-0.39, 0.29) is 5.54 Å². The van der Waals surface area contributed by atoms with Gasteiger partial charge in [-0.25, -0.2) is 0 Å². The smallest absolute Gasteiger partial charge is 0.133 e. The fraction of sp³-hybridized carbons (Fsp3) is 0.632. The summed E-state index contributed by atoms with van der Waals surface area (Å²) in [6, 6.07) is 9.61. The van der Waals surface area contributed by atoms with Crippen molar-refractivity contribution in [1.82, 2.24) is 10.2 Å². The largest absolute Gasteiger partial charge is 0.497 e. The molecule has 1 aliphatic carbocycles. The Hall–Kier alpha value is -1.39. The molecular weight excluding hydrogens is 288 g/mol. The summed E-state index contributed by atoms with van der Waals surface area (Å²) in [5, 5.41) is 3.73. The first-order valence-electron chi connectivity index (χ1n) is 8.83. The average molecular weight is 314 g/mol. The fourth-order valence-corrected chi connectivity index (χ4v) is 4.86. The van der Waals surface area contributed by atoms with Crippen molar-refractivity contribution >= 4 is 5.78 Å². The Bertz CT molecular complexity index is 574. The molecule has 1 aromatic carbocycles. The van der Waals surface area contributed by atoms with Gasteiger partial charge >= 0.3 is 0 Å². The molecule has 0 aromatic heterocycles. The normalized spacial score (nSPS) is 32.2. The van der Waals surface area contributed by atoms with E-state index in [2.05, 4.69) is 22.3 Å². The van der Waals surface area contributed by atoms with E-state index >= 15 is 0 Å². The molecule has 124 valence electrons. The van der Waals surface area contributed by atoms with E-state index in [1.807, 2.05) is 12.1 Å². The van der Waals surface area contributed by atoms with E-state index < -0.39 is 0 Å². The van der Waals surface area contributed by atoms with Crippen molar-refractivity contribution in [2.45, 2.75) is 56.1 Å². The minimum atomic E-state index is 0.277. The second-order valence-corrected chi connectivity index (χ2v) is 7.43. The lowest BCUT2D eigenvalue weighted by molar-refractivity contribution is -0.123. The van der Waals surface area contributed by atoms with Crippen LogP contribution in [0, 0.1) is 0 Å². The zero-order chi connectivity index (χ0) is 15.9. The summed E-state index contributed by atoms with van der Waals surface area (Å²) < 4.78 is 5.25. The summed E-state index contributed by atoms with van der Waals surface area (Å²) in [5.41, 5.74) is 1.64. The molecule has 3 aliphatic rings. The average Bonchev–Trinajstić information content (AvgIpc) is 2.87. The molecule has 3 fully saturated rings. The maximum absolute atomic E-state index is 11.7. The standard InChI is InChI=1S/C19H26N2O2/c1-23-18-4-2-14(3-5-18)10-16-12-20-15-11-19(21(16)13-15)8-6-17(22)7-9-19/h2-5,15-16,20H,6-13H2,1H3/t15-,16-/m0/s1. The van der Waals surface area contributed by atoms with Gasteiger partial charge in [0.1, 0.15) is 11.5 Å². The first kappa shape index (κ1) is 15.2. The lowest BCUT2D eigenvalue weighted by Gasteiger charge is -2.45. The van der Waals surface area contributed by atoms with Crippen LogP contribution in [0.1, 0.15) is 37.7 Å². The number of rotatable bonds is 3. The number of nitrogens with zero attached hydrogens (tertiary/aromatic N) is 1. The monoisotopic (exact) mass is 314 g/mol. The maximum Gasteiger partial charge on any atom is 0.133 e. The molecule has 0 amide bonds. The van der Waals surface area contributed by atoms with E-state index in [0.717, 1.165) is 50.9 Å². The molecule has 23 heavy (non-hydrogen) atoms. The van der Waals surface area contributed by atoms with Crippen LogP contribution in [0.2, 0.25) is 0 Å². The molecular formula is C19H26N2O2. The minimum Gasteiger partial charge on any atom is -0.497 e. The van der Waals surface area contributed by atoms with Crippen molar-refractivity contribution in [3.8, 4) is 5.75 Å². The highest BCUT2D eigenvalue weighted by molar-refractivity contribution is 5.79. The van der Waals surface area contributed by atoms with Crippen LogP contribution in [-0.2, 0) is 11.2 Å². The Morgan fingerprint density at radius 1 is 1.26 bits per heavy atom. The lowest BCUT2D eigenvalue weighted by Crippen LogP contribution is -2.57. The predicted molar refractivity (Wildman–Crippen MR) is 89.8 cm³/mol. The van der Waals surface area contributed by atoms with Crippen molar-refractivity contribution in [2.24, 2.45) is 0 Å². The third-order valence-electron chi connectivity index (χ3n) is 6.10. The van der Waals surface area contributed by atoms with Gasteiger partial charge < -0.3 is 10.1 Å². The number of piperazine rings is 1. The van der Waals surface area contributed by atoms with Crippen molar-refractivity contribution in [3.05, 3.63) is 29.8 Å². The van der Waals surface area contributed by atoms with Crippen LogP contribution in [0.25, 0.3) is 0 Å². The topological polar surface area (TPSA) is 41.6 Å². The molecule has 2 aliphatic heterocycles. The van der Waals surface area contributed by atoms with Gasteiger partial charge in [0, 0.05) is 43.6 Å². The van der Waals surface area contributed by atoms with E-state index in [9.17, 15) is 4.79 Å². The Morgan fingerprint density at radius 3 is 2.70 bits per heavy atom. The molecule has 1 unspecified atom stereocenters. The first-order chi connectivity index (χ1) is 11.2. The summed E-state index contributed by atoms with van der Waals surface area (Å²) in [7, 11) is 1.71. The molecule has 2 saturated heterocycles. The number of methoxy groups -OCH3 is 1. The van der Waals surface area contributed by atoms with Gasteiger partial charge in [0.15, 0.2) is 0 Å². The van der Waals surface area contributed by atoms with Crippen LogP contribution in [0.3, 0.4) is 0 Å². The van der Waals surface area contributed by atoms with Gasteiger partial charge in [-0.15, -0.1) is 0 Å². The van der Waals surface area contributed by atoms with Crippen LogP contribution >= 0.6 is 0 Å². The Morgan fingerprint density at radius 2 is 2.00 bits per heavy atom. The molecule has 4 rings (SSSR count). The van der Waals surface area contributed by atoms with Crippen molar-refractivity contribution < 1.29 is 9.53 Å². The summed E-state index contributed by atoms with van der Waals surface area (Å²) >= 11 is 0. The summed E-state index contributed by atoms with van der Waals surface area (Å²) in [6.45, 7) is 2.21. The second kappa shape index (κ2) is 5.91. The van der Waals surface area contributed by atoms with Crippen LogP contribution in [-0.4, -0.2) is 48.5 Å². The molecule has 2 heterocycles. The number of carbonyl (C=O) groups excluding carboxylic acids is 1. The van der Waals surface area contributed by atoms with Gasteiger partial charge in [0.25, 0.3) is 0 Å². The fourth-order valence-electron chi connectivity index (χ4n) is 4.86. The summed E-state index contributed by atoms with van der Waals surface area (Å²) in [5.74, 6) is 1.37. The Balaban J connectivity index is 1.51. The van der Waals surface area contributed by atoms with E-state index in [1.54, 1.807) is 7.11 Å². The quantitative estimate of drug-likeness (QED) is 0.928. The number of fused-ring (bicyclic) bond motifs is 3. The molecule has 2 bridgehead atoms. The number of Topliss-reactive ketones (excluding diaryl/α,β-unsaturated/α-hetero) is 1. The Kier molecular flexibility index (Phi) is 3.90. The summed E-state index contributed by atoms with van der Waals surface area (Å²) in [4.78, 5) is 14.4. The number of hydrogen-bond acceptors (Lipinski definition) is 4. The van der Waals surface area contributed by atoms with Crippen molar-refractivity contribution in [2.75, 3.05) is 20.2 Å². The number of ketones is 1. The molecule has 1 aromatic rings. The van der Waals surface area contributed by atoms with E-state index in [1.165, 1.54) is 12.0 Å². The zero-order valence-corrected chi connectivity index (χ0v) is 13.9. The van der Waals surface area contributed by atoms with Gasteiger partial charge in [-0.3, -0.25) is 9.69 Å². The van der Waals surface area contributed by atoms with Crippen molar-refractivity contribution in [1.29, 1.82) is 0 Å². The molecule has 1 N–H and O–H groups in total. The van der Waals surface area contributed by atoms with Gasteiger partial charge in [-0.05, 0) is 43.4 Å². The Labute approximate surface area is 138 Å². The molecule has 3 atom stereocenters. The van der Waals surface area contributed by atoms with E-state index in [4.69, 9.17) is 4.74 Å². The molecule has 0 radical (unpaired) electrons. The van der Waals surface area contributed by atoms with E-state index in [0.29, 0.717) is 17.9 Å². The van der Waals surface area contributed by atoms with Crippen LogP contribution in [0.4, 0.5) is 0 Å². The second-order valence-electron chi connectivity index (χ2n) is 7.43. The minimum absolute atomic E-state index is 0.277. The number of hydrogen-bond donors (Lipinski definition) is 1. The van der Waals surface area contributed by atoms with Gasteiger partial charge in [0.05, 0.1) is 7.11 Å². The number of benzene rings is 1. The van der Waals surface area contributed by atoms with Gasteiger partial charge in [-0.2, -0.15) is 0 Å². The molecule has 4 heteroatoms. The maximum atomic E-state index is 11.7. The van der Waals surface area contributed by atoms with Gasteiger partial charge in [-0.1, -0.05) is 12.1 Å². The van der Waals surface area contributed by atoms with Crippen LogP contribution in [0.5, 0.6) is 5.75 Å². The highest BCUT2D eigenvalue weighted by Gasteiger charge is 2.51. The molecule has 4 nitrogen and oxygen atoms in total. The van der Waals surface area contributed by atoms with Gasteiger partial charge in [0.2, 0.25) is 0 Å². The third kappa shape index (κ3) is 2.79. The van der Waals surface area contributed by atoms with Crippen LogP contribution < -0.4 is 10.1 Å². The highest BCUT2D eigenvalue weighted by Crippen LogP contribution is 2.44. The number of carbonyl (C=O) groups is 1. The lowest BCUT2D eigenvalue weighted by atomic mass is 9.78. The molecule has 1 spiro atoms. The third-order valence-corrected chi connectivity index (χ3v) is 6.10. The number of nitrogens with one attached hydrogen (secondary N) is 1. The van der Waals surface area contributed by atoms with Crippen LogP contribution in [0.15, 0.2) is 24.3 Å². The highest BCUT2D eigenvalue weighted by atomic mass is 16.5. The molecule has 1 saturated carbocycles. The predicted octanol–water partition coefficient (Wildman–Crippen LogP) is 2.17.